The minimum atomic E-state index is -0.201. The zero-order valence-corrected chi connectivity index (χ0v) is 11.8. The fourth-order valence-electron chi connectivity index (χ4n) is 1.89. The maximum atomic E-state index is 12.1. The monoisotopic (exact) mass is 269 g/mol. The Bertz CT molecular complexity index is 418. The predicted octanol–water partition coefficient (Wildman–Crippen LogP) is 2.79. The molecule has 0 saturated heterocycles. The maximum absolute atomic E-state index is 12.1. The SMILES string of the molecule is Cc1cc(Cl)ccc1C(=O)NC(CO)CC(C)C. The number of benzene rings is 1. The average molecular weight is 270 g/mol. The van der Waals surface area contributed by atoms with Gasteiger partial charge >= 0.3 is 0 Å². The topological polar surface area (TPSA) is 49.3 Å². The number of hydrogen-bond donors (Lipinski definition) is 2. The number of aryl methyl sites for hydroxylation is 1. The number of carbonyl (C=O) groups excluding carboxylic acids is 1. The normalized spacial score (nSPS) is 12.6. The first-order chi connectivity index (χ1) is 8.43. The van der Waals surface area contributed by atoms with Crippen molar-refractivity contribution in [3.8, 4) is 0 Å². The van der Waals surface area contributed by atoms with Crippen LogP contribution in [-0.4, -0.2) is 23.7 Å². The summed E-state index contributed by atoms with van der Waals surface area (Å²) in [6.45, 7) is 5.92. The third-order valence-corrected chi connectivity index (χ3v) is 2.98. The number of halogens is 1. The molecular weight excluding hydrogens is 250 g/mol. The molecule has 0 aliphatic carbocycles. The van der Waals surface area contributed by atoms with Crippen molar-refractivity contribution in [1.82, 2.24) is 5.32 Å². The molecule has 0 aromatic heterocycles. The molecule has 2 N–H and O–H groups in total. The van der Waals surface area contributed by atoms with Crippen molar-refractivity contribution in [2.24, 2.45) is 5.92 Å². The van der Waals surface area contributed by atoms with Gasteiger partial charge in [0.2, 0.25) is 0 Å². The summed E-state index contributed by atoms with van der Waals surface area (Å²) in [5.41, 5.74) is 1.43. The molecule has 1 amide bonds. The van der Waals surface area contributed by atoms with E-state index in [1.807, 2.05) is 6.92 Å². The molecule has 0 bridgehead atoms. The smallest absolute Gasteiger partial charge is 0.251 e. The molecule has 1 rings (SSSR count). The summed E-state index contributed by atoms with van der Waals surface area (Å²) in [7, 11) is 0. The van der Waals surface area contributed by atoms with E-state index in [-0.39, 0.29) is 18.6 Å². The van der Waals surface area contributed by atoms with Crippen molar-refractivity contribution in [3.05, 3.63) is 34.3 Å². The number of nitrogens with one attached hydrogen (secondary N) is 1. The average Bonchev–Trinajstić information content (AvgIpc) is 2.27. The second-order valence-electron chi connectivity index (χ2n) is 4.94. The largest absolute Gasteiger partial charge is 0.394 e. The Labute approximate surface area is 113 Å². The Kier molecular flexibility index (Phi) is 5.63. The lowest BCUT2D eigenvalue weighted by Gasteiger charge is -2.18. The lowest BCUT2D eigenvalue weighted by molar-refractivity contribution is 0.0908. The Morgan fingerprint density at radius 1 is 1.44 bits per heavy atom. The molecule has 100 valence electrons. The van der Waals surface area contributed by atoms with Crippen molar-refractivity contribution < 1.29 is 9.90 Å². The number of rotatable bonds is 5. The van der Waals surface area contributed by atoms with Crippen molar-refractivity contribution in [3.63, 3.8) is 0 Å². The van der Waals surface area contributed by atoms with Crippen LogP contribution in [0.4, 0.5) is 0 Å². The Balaban J connectivity index is 2.74. The van der Waals surface area contributed by atoms with Crippen LogP contribution in [0, 0.1) is 12.8 Å². The molecule has 0 saturated carbocycles. The van der Waals surface area contributed by atoms with Gasteiger partial charge in [-0.2, -0.15) is 0 Å². The van der Waals surface area contributed by atoms with Crippen molar-refractivity contribution >= 4 is 17.5 Å². The molecule has 0 radical (unpaired) electrons. The highest BCUT2D eigenvalue weighted by atomic mass is 35.5. The number of carbonyl (C=O) groups is 1. The van der Waals surface area contributed by atoms with Crippen molar-refractivity contribution in [2.75, 3.05) is 6.61 Å². The summed E-state index contributed by atoms with van der Waals surface area (Å²) in [6.07, 6.45) is 0.759. The van der Waals surface area contributed by atoms with Crippen LogP contribution in [0.1, 0.15) is 36.2 Å². The lowest BCUT2D eigenvalue weighted by Crippen LogP contribution is -2.38. The molecule has 1 atom stereocenters. The predicted molar refractivity (Wildman–Crippen MR) is 74.0 cm³/mol. The molecule has 4 heteroatoms. The second-order valence-corrected chi connectivity index (χ2v) is 5.38. The third kappa shape index (κ3) is 4.31. The summed E-state index contributed by atoms with van der Waals surface area (Å²) >= 11 is 5.85. The van der Waals surface area contributed by atoms with Gasteiger partial charge in [0.05, 0.1) is 12.6 Å². The molecule has 1 aromatic rings. The summed E-state index contributed by atoms with van der Waals surface area (Å²) in [5, 5.41) is 12.7. The lowest BCUT2D eigenvalue weighted by atomic mass is 10.0. The van der Waals surface area contributed by atoms with E-state index < -0.39 is 0 Å². The van der Waals surface area contributed by atoms with Crippen LogP contribution in [0.2, 0.25) is 5.02 Å². The molecule has 0 fully saturated rings. The van der Waals surface area contributed by atoms with E-state index in [1.165, 1.54) is 0 Å². The maximum Gasteiger partial charge on any atom is 0.251 e. The van der Waals surface area contributed by atoms with E-state index in [2.05, 4.69) is 19.2 Å². The molecule has 3 nitrogen and oxygen atoms in total. The fourth-order valence-corrected chi connectivity index (χ4v) is 2.12. The van der Waals surface area contributed by atoms with Crippen molar-refractivity contribution in [1.29, 1.82) is 0 Å². The van der Waals surface area contributed by atoms with Gasteiger partial charge in [0.15, 0.2) is 0 Å². The van der Waals surface area contributed by atoms with Crippen molar-refractivity contribution in [2.45, 2.75) is 33.2 Å². The highest BCUT2D eigenvalue weighted by Crippen LogP contribution is 2.15. The van der Waals surface area contributed by atoms with Gasteiger partial charge in [-0.3, -0.25) is 4.79 Å². The van der Waals surface area contributed by atoms with Crippen LogP contribution in [0.15, 0.2) is 18.2 Å². The van der Waals surface area contributed by atoms with Crippen LogP contribution in [0.3, 0.4) is 0 Å². The molecule has 0 aliphatic heterocycles. The van der Waals surface area contributed by atoms with E-state index in [0.29, 0.717) is 16.5 Å². The van der Waals surface area contributed by atoms with Gasteiger partial charge < -0.3 is 10.4 Å². The van der Waals surface area contributed by atoms with Crippen LogP contribution >= 0.6 is 11.6 Å². The minimum absolute atomic E-state index is 0.0451. The van der Waals surface area contributed by atoms with Crippen LogP contribution in [0.5, 0.6) is 0 Å². The Hall–Kier alpha value is -1.06. The zero-order valence-electron chi connectivity index (χ0n) is 11.0. The summed E-state index contributed by atoms with van der Waals surface area (Å²) < 4.78 is 0. The van der Waals surface area contributed by atoms with Crippen LogP contribution in [0.25, 0.3) is 0 Å². The van der Waals surface area contributed by atoms with Gasteiger partial charge in [0.25, 0.3) is 5.91 Å². The number of aliphatic hydroxyl groups excluding tert-OH is 1. The molecule has 18 heavy (non-hydrogen) atoms. The van der Waals surface area contributed by atoms with Gasteiger partial charge in [0.1, 0.15) is 0 Å². The number of amides is 1. The van der Waals surface area contributed by atoms with Gasteiger partial charge in [-0.25, -0.2) is 0 Å². The third-order valence-electron chi connectivity index (χ3n) is 2.74. The van der Waals surface area contributed by atoms with Crippen LogP contribution < -0.4 is 5.32 Å². The van der Waals surface area contributed by atoms with E-state index in [4.69, 9.17) is 11.6 Å². The molecule has 0 aliphatic rings. The fraction of sp³-hybridized carbons (Fsp3) is 0.500. The second kappa shape index (κ2) is 6.76. The van der Waals surface area contributed by atoms with E-state index in [9.17, 15) is 9.90 Å². The van der Waals surface area contributed by atoms with E-state index >= 15 is 0 Å². The van der Waals surface area contributed by atoms with E-state index in [1.54, 1.807) is 18.2 Å². The first kappa shape index (κ1) is 15.0. The molecule has 1 aromatic carbocycles. The Morgan fingerprint density at radius 3 is 2.61 bits per heavy atom. The Morgan fingerprint density at radius 2 is 2.11 bits per heavy atom. The van der Waals surface area contributed by atoms with Gasteiger partial charge in [0, 0.05) is 10.6 Å². The highest BCUT2D eigenvalue weighted by Gasteiger charge is 2.15. The van der Waals surface area contributed by atoms with Gasteiger partial charge in [-0.05, 0) is 43.0 Å². The van der Waals surface area contributed by atoms with E-state index in [0.717, 1.165) is 12.0 Å². The standard InChI is InChI=1S/C14H20ClNO2/c1-9(2)6-12(8-17)16-14(18)13-5-4-11(15)7-10(13)3/h4-5,7,9,12,17H,6,8H2,1-3H3,(H,16,18). The van der Waals surface area contributed by atoms with Crippen LogP contribution in [-0.2, 0) is 0 Å². The first-order valence-corrected chi connectivity index (χ1v) is 6.49. The summed E-state index contributed by atoms with van der Waals surface area (Å²) in [6, 6.07) is 4.95. The van der Waals surface area contributed by atoms with Gasteiger partial charge in [-0.1, -0.05) is 25.4 Å². The molecule has 0 heterocycles. The molecule has 0 spiro atoms. The first-order valence-electron chi connectivity index (χ1n) is 6.12. The molecular formula is C14H20ClNO2. The highest BCUT2D eigenvalue weighted by molar-refractivity contribution is 6.30. The molecule has 1 unspecified atom stereocenters. The van der Waals surface area contributed by atoms with Gasteiger partial charge in [-0.15, -0.1) is 0 Å². The summed E-state index contributed by atoms with van der Waals surface area (Å²) in [5.74, 6) is 0.262. The quantitative estimate of drug-likeness (QED) is 0.864. The summed E-state index contributed by atoms with van der Waals surface area (Å²) in [4.78, 5) is 12.1. The number of hydrogen-bond acceptors (Lipinski definition) is 2. The minimum Gasteiger partial charge on any atom is -0.394 e. The zero-order chi connectivity index (χ0) is 13.7. The number of aliphatic hydroxyl groups is 1.